The lowest BCUT2D eigenvalue weighted by Gasteiger charge is -2.06. The van der Waals surface area contributed by atoms with Crippen LogP contribution in [0.15, 0.2) is 18.2 Å². The Hall–Kier alpha value is -2.82. The predicted molar refractivity (Wildman–Crippen MR) is 66.0 cm³/mol. The first-order valence-electron chi connectivity index (χ1n) is 5.75. The average molecular weight is 246 g/mol. The largest absolute Gasteiger partial charge is 0.196 e. The normalized spacial score (nSPS) is 18.4. The van der Waals surface area contributed by atoms with Crippen molar-refractivity contribution in [2.75, 3.05) is 0 Å². The van der Waals surface area contributed by atoms with Gasteiger partial charge in [0.05, 0.1) is 30.2 Å². The van der Waals surface area contributed by atoms with Gasteiger partial charge in [0.15, 0.2) is 10.8 Å². The molecule has 90 valence electrons. The fraction of sp³-hybridized carbons (Fsp3) is 0.333. The van der Waals surface area contributed by atoms with E-state index in [0.717, 1.165) is 16.7 Å². The van der Waals surface area contributed by atoms with Crippen molar-refractivity contribution < 1.29 is 0 Å². The highest BCUT2D eigenvalue weighted by Crippen LogP contribution is 2.73. The summed E-state index contributed by atoms with van der Waals surface area (Å²) >= 11 is 0. The van der Waals surface area contributed by atoms with Crippen LogP contribution in [0.4, 0.5) is 0 Å². The maximum atomic E-state index is 9.27. The van der Waals surface area contributed by atoms with Gasteiger partial charge in [-0.1, -0.05) is 23.8 Å². The summed E-state index contributed by atoms with van der Waals surface area (Å²) in [6.07, 6.45) is 0. The van der Waals surface area contributed by atoms with Gasteiger partial charge in [-0.25, -0.2) is 0 Å². The molecule has 0 unspecified atom stereocenters. The van der Waals surface area contributed by atoms with Crippen LogP contribution in [0.3, 0.4) is 0 Å². The van der Waals surface area contributed by atoms with Crippen molar-refractivity contribution in [3.63, 3.8) is 0 Å². The number of aryl methyl sites for hydroxylation is 2. The van der Waals surface area contributed by atoms with Crippen LogP contribution in [0.2, 0.25) is 0 Å². The van der Waals surface area contributed by atoms with Gasteiger partial charge in [0.2, 0.25) is 0 Å². The molecule has 0 aliphatic heterocycles. The van der Waals surface area contributed by atoms with Crippen LogP contribution in [0.25, 0.3) is 0 Å². The summed E-state index contributed by atoms with van der Waals surface area (Å²) in [6, 6.07) is 13.2. The van der Waals surface area contributed by atoms with Crippen LogP contribution >= 0.6 is 0 Å². The third-order valence-electron chi connectivity index (χ3n) is 3.86. The smallest absolute Gasteiger partial charge is 0.185 e. The summed E-state index contributed by atoms with van der Waals surface area (Å²) in [4.78, 5) is 0. The maximum absolute atomic E-state index is 9.27. The lowest BCUT2D eigenvalue weighted by Crippen LogP contribution is -2.05. The van der Waals surface area contributed by atoms with Gasteiger partial charge < -0.3 is 0 Å². The summed E-state index contributed by atoms with van der Waals surface area (Å²) in [5, 5.41) is 37.1. The van der Waals surface area contributed by atoms with Crippen molar-refractivity contribution >= 4 is 0 Å². The van der Waals surface area contributed by atoms with Crippen LogP contribution in [-0.2, 0) is 0 Å². The van der Waals surface area contributed by atoms with Gasteiger partial charge in [-0.05, 0) is 25.0 Å². The molecule has 1 aromatic carbocycles. The Morgan fingerprint density at radius 1 is 0.895 bits per heavy atom. The molecule has 0 aromatic heterocycles. The number of nitrogens with zero attached hydrogens (tertiary/aromatic N) is 4. The molecule has 2 rings (SSSR count). The Morgan fingerprint density at radius 2 is 1.37 bits per heavy atom. The first-order chi connectivity index (χ1) is 9.02. The minimum Gasteiger partial charge on any atom is -0.196 e. The monoisotopic (exact) mass is 246 g/mol. The Labute approximate surface area is 111 Å². The van der Waals surface area contributed by atoms with Gasteiger partial charge in [-0.2, -0.15) is 21.0 Å². The Morgan fingerprint density at radius 3 is 1.79 bits per heavy atom. The molecule has 0 radical (unpaired) electrons. The SMILES string of the molecule is Cc1ccc(C)c(C2C(C#N)(C#N)C2(C#N)C#N)c1. The summed E-state index contributed by atoms with van der Waals surface area (Å²) in [7, 11) is 0. The maximum Gasteiger partial charge on any atom is 0.185 e. The molecule has 0 bridgehead atoms. The number of hydrogen-bond donors (Lipinski definition) is 0. The minimum absolute atomic E-state index is 0.662. The van der Waals surface area contributed by atoms with Crippen LogP contribution in [0, 0.1) is 70.0 Å². The fourth-order valence-electron chi connectivity index (χ4n) is 2.67. The van der Waals surface area contributed by atoms with E-state index in [2.05, 4.69) is 0 Å². The molecule has 0 spiro atoms. The van der Waals surface area contributed by atoms with Crippen molar-refractivity contribution in [3.05, 3.63) is 34.9 Å². The summed E-state index contributed by atoms with van der Waals surface area (Å²) in [5.74, 6) is -0.662. The zero-order valence-electron chi connectivity index (χ0n) is 10.6. The molecule has 0 heterocycles. The van der Waals surface area contributed by atoms with E-state index in [1.807, 2.05) is 56.3 Å². The number of hydrogen-bond acceptors (Lipinski definition) is 4. The van der Waals surface area contributed by atoms with E-state index in [-0.39, 0.29) is 0 Å². The van der Waals surface area contributed by atoms with Crippen LogP contribution in [0.5, 0.6) is 0 Å². The summed E-state index contributed by atoms with van der Waals surface area (Å²) in [6.45, 7) is 3.75. The van der Waals surface area contributed by atoms with Crippen molar-refractivity contribution in [2.24, 2.45) is 10.8 Å². The Balaban J connectivity index is 2.69. The van der Waals surface area contributed by atoms with Gasteiger partial charge >= 0.3 is 0 Å². The molecule has 19 heavy (non-hydrogen) atoms. The highest BCUT2D eigenvalue weighted by molar-refractivity contribution is 5.60. The molecule has 1 fully saturated rings. The van der Waals surface area contributed by atoms with E-state index in [1.54, 1.807) is 0 Å². The van der Waals surface area contributed by atoms with E-state index in [4.69, 9.17) is 0 Å². The fourth-order valence-corrected chi connectivity index (χ4v) is 2.67. The van der Waals surface area contributed by atoms with Crippen LogP contribution < -0.4 is 0 Å². The van der Waals surface area contributed by atoms with Gasteiger partial charge in [-0.3, -0.25) is 0 Å². The van der Waals surface area contributed by atoms with E-state index in [9.17, 15) is 21.0 Å². The van der Waals surface area contributed by atoms with E-state index >= 15 is 0 Å². The van der Waals surface area contributed by atoms with Gasteiger partial charge in [0.1, 0.15) is 0 Å². The molecule has 0 atom stereocenters. The van der Waals surface area contributed by atoms with Crippen molar-refractivity contribution in [3.8, 4) is 24.3 Å². The van der Waals surface area contributed by atoms with Crippen LogP contribution in [-0.4, -0.2) is 0 Å². The topological polar surface area (TPSA) is 95.2 Å². The minimum atomic E-state index is -1.56. The first-order valence-corrected chi connectivity index (χ1v) is 5.75. The molecule has 1 saturated carbocycles. The molecule has 4 heteroatoms. The lowest BCUT2D eigenvalue weighted by atomic mass is 9.96. The zero-order chi connectivity index (χ0) is 14.3. The van der Waals surface area contributed by atoms with Crippen molar-refractivity contribution in [1.82, 2.24) is 0 Å². The third kappa shape index (κ3) is 1.29. The number of benzene rings is 1. The standard InChI is InChI=1S/C15H10N4/c1-10-3-4-11(2)12(5-10)13-14(6-16,7-17)15(13,8-18)9-19/h3-5,13H,1-2H3. The molecule has 0 amide bonds. The quantitative estimate of drug-likeness (QED) is 0.760. The Kier molecular flexibility index (Phi) is 2.56. The second-order valence-electron chi connectivity index (χ2n) is 4.86. The van der Waals surface area contributed by atoms with Gasteiger partial charge in [0, 0.05) is 0 Å². The van der Waals surface area contributed by atoms with E-state index < -0.39 is 16.7 Å². The molecule has 1 aromatic rings. The molecular formula is C15H10N4. The summed E-state index contributed by atoms with van der Waals surface area (Å²) < 4.78 is 0. The highest BCUT2D eigenvalue weighted by Gasteiger charge is 2.82. The first kappa shape index (κ1) is 12.6. The number of nitriles is 4. The zero-order valence-corrected chi connectivity index (χ0v) is 10.6. The summed E-state index contributed by atoms with van der Waals surface area (Å²) in [5.41, 5.74) is -0.518. The Bertz CT molecular complexity index is 652. The van der Waals surface area contributed by atoms with E-state index in [1.165, 1.54) is 0 Å². The van der Waals surface area contributed by atoms with E-state index in [0.29, 0.717) is 0 Å². The molecule has 1 aliphatic rings. The molecule has 1 aliphatic carbocycles. The molecule has 4 nitrogen and oxygen atoms in total. The van der Waals surface area contributed by atoms with Crippen molar-refractivity contribution in [1.29, 1.82) is 21.0 Å². The average Bonchev–Trinajstić information content (AvgIpc) is 3.04. The van der Waals surface area contributed by atoms with Gasteiger partial charge in [-0.15, -0.1) is 0 Å². The van der Waals surface area contributed by atoms with Gasteiger partial charge in [0.25, 0.3) is 0 Å². The molecule has 0 N–H and O–H groups in total. The second kappa shape index (κ2) is 3.84. The van der Waals surface area contributed by atoms with Crippen molar-refractivity contribution in [2.45, 2.75) is 19.8 Å². The highest BCUT2D eigenvalue weighted by atomic mass is 14.8. The predicted octanol–water partition coefficient (Wildman–Crippen LogP) is 2.47. The van der Waals surface area contributed by atoms with Crippen LogP contribution in [0.1, 0.15) is 22.6 Å². The molecule has 0 saturated heterocycles. The second-order valence-corrected chi connectivity index (χ2v) is 4.86. The lowest BCUT2D eigenvalue weighted by molar-refractivity contribution is 0.727. The number of rotatable bonds is 1. The third-order valence-corrected chi connectivity index (χ3v) is 3.86. The molecular weight excluding hydrogens is 236 g/mol.